The number of nitrogens with one attached hydrogen (secondary N) is 1. The van der Waals surface area contributed by atoms with Gasteiger partial charge in [-0.1, -0.05) is 30.4 Å². The van der Waals surface area contributed by atoms with E-state index < -0.39 is 12.1 Å². The van der Waals surface area contributed by atoms with Crippen molar-refractivity contribution >= 4 is 35.4 Å². The van der Waals surface area contributed by atoms with Gasteiger partial charge in [0.15, 0.2) is 0 Å². The van der Waals surface area contributed by atoms with Crippen LogP contribution in [0.25, 0.3) is 11.6 Å². The molecule has 2 aromatic carbocycles. The molecule has 2 aliphatic heterocycles. The molecule has 0 bridgehead atoms. The number of anilines is 2. The van der Waals surface area contributed by atoms with E-state index in [-0.39, 0.29) is 30.2 Å². The van der Waals surface area contributed by atoms with Crippen molar-refractivity contribution in [1.29, 1.82) is 0 Å². The van der Waals surface area contributed by atoms with E-state index in [0.717, 1.165) is 47.7 Å². The molecule has 1 fully saturated rings. The minimum absolute atomic E-state index is 0.0313. The number of ether oxygens (including phenoxy) is 2. The normalized spacial score (nSPS) is 22.5. The number of morpholine rings is 1. The van der Waals surface area contributed by atoms with E-state index in [1.54, 1.807) is 12.1 Å². The summed E-state index contributed by atoms with van der Waals surface area (Å²) in [6, 6.07) is 10.1. The van der Waals surface area contributed by atoms with Crippen LogP contribution in [0.15, 0.2) is 65.4 Å². The molecule has 3 atom stereocenters. The molecule has 3 aliphatic rings. The molecule has 1 saturated heterocycles. The van der Waals surface area contributed by atoms with Crippen LogP contribution in [-0.4, -0.2) is 69.3 Å². The number of urea groups is 1. The Morgan fingerprint density at radius 1 is 1.27 bits per heavy atom. The molecule has 0 spiro atoms. The average molecular weight is 564 g/mol. The topological polar surface area (TPSA) is 92.4 Å². The molecule has 41 heavy (non-hydrogen) atoms. The van der Waals surface area contributed by atoms with E-state index in [1.807, 2.05) is 42.3 Å². The Morgan fingerprint density at radius 2 is 2.07 bits per heavy atom. The lowest BCUT2D eigenvalue weighted by atomic mass is 9.83. The summed E-state index contributed by atoms with van der Waals surface area (Å²) in [4.78, 5) is 19.7. The monoisotopic (exact) mass is 563 g/mol. The van der Waals surface area contributed by atoms with Gasteiger partial charge in [0.05, 0.1) is 37.3 Å². The highest BCUT2D eigenvalue weighted by atomic mass is 19.1. The van der Waals surface area contributed by atoms with Gasteiger partial charge in [-0.2, -0.15) is 4.99 Å². The molecule has 2 unspecified atom stereocenters. The SMILES string of the molecule is CNc1cc(/C=C2\c3cccc(F)c3COC3C=C(F)C=CC23)ccc1N(C=NC(N)=O)[C@H](C)CN1CCOCC1. The molecule has 3 N–H and O–H groups in total. The van der Waals surface area contributed by atoms with Crippen molar-refractivity contribution in [1.82, 2.24) is 4.90 Å². The van der Waals surface area contributed by atoms with E-state index in [0.29, 0.717) is 18.8 Å². The first-order chi connectivity index (χ1) is 19.8. The lowest BCUT2D eigenvalue weighted by Crippen LogP contribution is -2.46. The maximum Gasteiger partial charge on any atom is 0.339 e. The van der Waals surface area contributed by atoms with Gasteiger partial charge in [-0.25, -0.2) is 13.6 Å². The molecule has 10 heteroatoms. The molecule has 0 radical (unpaired) electrons. The Bertz CT molecular complexity index is 1400. The average Bonchev–Trinajstić information content (AvgIpc) is 3.11. The summed E-state index contributed by atoms with van der Waals surface area (Å²) >= 11 is 0. The van der Waals surface area contributed by atoms with Crippen molar-refractivity contribution in [3.05, 3.63) is 83.0 Å². The van der Waals surface area contributed by atoms with Crippen molar-refractivity contribution in [3.63, 3.8) is 0 Å². The largest absolute Gasteiger partial charge is 0.386 e. The second kappa shape index (κ2) is 12.8. The molecular weight excluding hydrogens is 528 g/mol. The number of nitrogens with two attached hydrogens (primary N) is 1. The van der Waals surface area contributed by atoms with Gasteiger partial charge in [0.1, 0.15) is 18.0 Å². The van der Waals surface area contributed by atoms with Gasteiger partial charge < -0.3 is 25.4 Å². The predicted octanol–water partition coefficient (Wildman–Crippen LogP) is 4.98. The summed E-state index contributed by atoms with van der Waals surface area (Å²) in [6.07, 6.45) is 7.56. The molecule has 5 rings (SSSR count). The fraction of sp³-hybridized carbons (Fsp3) is 0.355. The molecule has 2 amide bonds. The van der Waals surface area contributed by atoms with E-state index >= 15 is 0 Å². The molecular formula is C31H35F2N5O3. The molecule has 1 aliphatic carbocycles. The Hall–Kier alpha value is -3.86. The maximum absolute atomic E-state index is 14.9. The summed E-state index contributed by atoms with van der Waals surface area (Å²) in [5.74, 6) is -1.02. The number of aliphatic imine (C=N–C) groups is 1. The number of primary amides is 1. The quantitative estimate of drug-likeness (QED) is 0.365. The standard InChI is InChI=1S/C31H35F2N5O3/c1-20(17-37-10-12-40-13-11-37)38(19-36-31(34)39)29-9-6-21(15-28(29)35-2)14-25-23-4-3-5-27(33)26(23)18-41-30-16-22(32)7-8-24(25)30/h3-9,14-16,19-20,24,30,35H,10-13,17-18H2,1-2H3,(H2,34,39)/b25-14+,36-19?/t20-,24?,30?/m1/s1. The zero-order valence-corrected chi connectivity index (χ0v) is 23.2. The summed E-state index contributed by atoms with van der Waals surface area (Å²) in [5.41, 5.74) is 9.85. The first kappa shape index (κ1) is 28.7. The number of fused-ring (bicyclic) bond motifs is 2. The third-order valence-corrected chi connectivity index (χ3v) is 7.65. The second-order valence-electron chi connectivity index (χ2n) is 10.4. The van der Waals surface area contributed by atoms with Crippen LogP contribution in [0.3, 0.4) is 0 Å². The number of halogens is 2. The fourth-order valence-electron chi connectivity index (χ4n) is 5.59. The van der Waals surface area contributed by atoms with Crippen LogP contribution in [0.2, 0.25) is 0 Å². The third kappa shape index (κ3) is 6.56. The number of carbonyl (C=O) groups excluding carboxylic acids is 1. The number of amides is 2. The molecule has 8 nitrogen and oxygen atoms in total. The van der Waals surface area contributed by atoms with Crippen molar-refractivity contribution in [2.45, 2.75) is 25.7 Å². The van der Waals surface area contributed by atoms with Crippen LogP contribution < -0.4 is 16.0 Å². The summed E-state index contributed by atoms with van der Waals surface area (Å²) in [7, 11) is 1.82. The summed E-state index contributed by atoms with van der Waals surface area (Å²) in [5, 5.41) is 3.26. The number of benzene rings is 2. The highest BCUT2D eigenvalue weighted by molar-refractivity contribution is 5.94. The molecule has 216 valence electrons. The van der Waals surface area contributed by atoms with Crippen LogP contribution in [0.5, 0.6) is 0 Å². The minimum atomic E-state index is -0.775. The maximum atomic E-state index is 14.9. The van der Waals surface area contributed by atoms with Gasteiger partial charge in [0.2, 0.25) is 0 Å². The number of nitrogens with zero attached hydrogens (tertiary/aromatic N) is 3. The second-order valence-corrected chi connectivity index (χ2v) is 10.4. The van der Waals surface area contributed by atoms with Crippen molar-refractivity contribution in [3.8, 4) is 0 Å². The number of hydrogen-bond donors (Lipinski definition) is 2. The molecule has 2 heterocycles. The number of hydrogen-bond acceptors (Lipinski definition) is 5. The number of carbonyl (C=O) groups is 1. The minimum Gasteiger partial charge on any atom is -0.386 e. The Balaban J connectivity index is 1.53. The first-order valence-electron chi connectivity index (χ1n) is 13.7. The van der Waals surface area contributed by atoms with Crippen LogP contribution in [0.4, 0.5) is 25.0 Å². The summed E-state index contributed by atoms with van der Waals surface area (Å²) in [6.45, 7) is 5.89. The number of allylic oxidation sites excluding steroid dienone is 2. The highest BCUT2D eigenvalue weighted by Gasteiger charge is 2.32. The van der Waals surface area contributed by atoms with Crippen molar-refractivity contribution in [2.24, 2.45) is 16.6 Å². The van der Waals surface area contributed by atoms with Crippen LogP contribution in [0.1, 0.15) is 23.6 Å². The van der Waals surface area contributed by atoms with E-state index in [9.17, 15) is 13.6 Å². The van der Waals surface area contributed by atoms with Gasteiger partial charge in [-0.05, 0) is 54.0 Å². The fourth-order valence-corrected chi connectivity index (χ4v) is 5.59. The molecule has 0 saturated carbocycles. The zero-order chi connectivity index (χ0) is 28.9. The van der Waals surface area contributed by atoms with Gasteiger partial charge in [-0.3, -0.25) is 4.90 Å². The lowest BCUT2D eigenvalue weighted by Gasteiger charge is -2.34. The third-order valence-electron chi connectivity index (χ3n) is 7.65. The van der Waals surface area contributed by atoms with Crippen molar-refractivity contribution in [2.75, 3.05) is 50.1 Å². The van der Waals surface area contributed by atoms with Crippen LogP contribution in [0, 0.1) is 11.7 Å². The molecule has 0 aromatic heterocycles. The Labute approximate surface area is 238 Å². The Morgan fingerprint density at radius 3 is 2.83 bits per heavy atom. The highest BCUT2D eigenvalue weighted by Crippen LogP contribution is 2.40. The first-order valence-corrected chi connectivity index (χ1v) is 13.7. The Kier molecular flexibility index (Phi) is 8.92. The van der Waals surface area contributed by atoms with Gasteiger partial charge in [-0.15, -0.1) is 0 Å². The smallest absolute Gasteiger partial charge is 0.339 e. The van der Waals surface area contributed by atoms with E-state index in [2.05, 4.69) is 22.1 Å². The number of rotatable bonds is 7. The van der Waals surface area contributed by atoms with Gasteiger partial charge in [0, 0.05) is 44.2 Å². The van der Waals surface area contributed by atoms with E-state index in [4.69, 9.17) is 15.2 Å². The van der Waals surface area contributed by atoms with Crippen molar-refractivity contribution < 1.29 is 23.0 Å². The van der Waals surface area contributed by atoms with Gasteiger partial charge >= 0.3 is 6.03 Å². The molecule has 2 aromatic rings. The zero-order valence-electron chi connectivity index (χ0n) is 23.2. The lowest BCUT2D eigenvalue weighted by molar-refractivity contribution is 0.0362. The van der Waals surface area contributed by atoms with Crippen LogP contribution >= 0.6 is 0 Å². The van der Waals surface area contributed by atoms with Gasteiger partial charge in [0.25, 0.3) is 0 Å². The predicted molar refractivity (Wildman–Crippen MR) is 158 cm³/mol. The van der Waals surface area contributed by atoms with E-state index in [1.165, 1.54) is 24.6 Å². The summed E-state index contributed by atoms with van der Waals surface area (Å²) < 4.78 is 40.4. The van der Waals surface area contributed by atoms with Crippen LogP contribution in [-0.2, 0) is 16.1 Å².